The molecule has 0 heterocycles. The van der Waals surface area contributed by atoms with Crippen LogP contribution in [0.2, 0.25) is 5.02 Å². The van der Waals surface area contributed by atoms with Crippen LogP contribution in [-0.2, 0) is 4.79 Å². The van der Waals surface area contributed by atoms with E-state index in [1.165, 1.54) is 13.2 Å². The Morgan fingerprint density at radius 2 is 2.26 bits per heavy atom. The minimum Gasteiger partial charge on any atom is -0.493 e. The molecule has 1 aromatic carbocycles. The minimum absolute atomic E-state index is 0.205. The molecule has 0 saturated heterocycles. The highest BCUT2D eigenvalue weighted by Gasteiger charge is 2.10. The Balaban J connectivity index is 3.05. The van der Waals surface area contributed by atoms with Crippen molar-refractivity contribution in [2.24, 2.45) is 0 Å². The van der Waals surface area contributed by atoms with E-state index in [0.717, 1.165) is 6.08 Å². The molecule has 0 aliphatic heterocycles. The highest BCUT2D eigenvalue weighted by molar-refractivity contribution is 6.32. The van der Waals surface area contributed by atoms with Gasteiger partial charge in [0.2, 0.25) is 0 Å². The summed E-state index contributed by atoms with van der Waals surface area (Å²) in [7, 11) is 1.48. The standard InChI is InChI=1S/C14H13ClO4/c1-3-4-7-19-14-11(15)8-10(5-6-13(16)17)9-12(14)18-2/h5-6,8-9H,7H2,1-2H3,(H,16,17). The Morgan fingerprint density at radius 3 is 2.84 bits per heavy atom. The first-order valence-corrected chi connectivity index (χ1v) is 5.77. The second-order valence-electron chi connectivity index (χ2n) is 3.42. The van der Waals surface area contributed by atoms with Gasteiger partial charge in [0.05, 0.1) is 12.1 Å². The highest BCUT2D eigenvalue weighted by Crippen LogP contribution is 2.36. The number of aliphatic carboxylic acids is 1. The predicted molar refractivity (Wildman–Crippen MR) is 73.6 cm³/mol. The monoisotopic (exact) mass is 280 g/mol. The lowest BCUT2D eigenvalue weighted by Gasteiger charge is -2.11. The summed E-state index contributed by atoms with van der Waals surface area (Å²) in [4.78, 5) is 10.5. The lowest BCUT2D eigenvalue weighted by molar-refractivity contribution is -0.131. The SMILES string of the molecule is CC#CCOc1c(Cl)cc(C=CC(=O)O)cc1OC. The van der Waals surface area contributed by atoms with Gasteiger partial charge < -0.3 is 14.6 Å². The number of carbonyl (C=O) groups is 1. The van der Waals surface area contributed by atoms with Gasteiger partial charge in [-0.3, -0.25) is 0 Å². The number of benzene rings is 1. The summed E-state index contributed by atoms with van der Waals surface area (Å²) in [6.45, 7) is 1.92. The summed E-state index contributed by atoms with van der Waals surface area (Å²) in [5.41, 5.74) is 0.609. The maximum absolute atomic E-state index is 10.5. The van der Waals surface area contributed by atoms with Crippen molar-refractivity contribution in [3.05, 3.63) is 28.8 Å². The predicted octanol–water partition coefficient (Wildman–Crippen LogP) is 2.85. The summed E-state index contributed by atoms with van der Waals surface area (Å²) >= 11 is 6.07. The number of halogens is 1. The second-order valence-corrected chi connectivity index (χ2v) is 3.83. The van der Waals surface area contributed by atoms with Crippen LogP contribution in [0, 0.1) is 11.8 Å². The number of ether oxygens (including phenoxy) is 2. The lowest BCUT2D eigenvalue weighted by atomic mass is 10.2. The molecule has 4 nitrogen and oxygen atoms in total. The van der Waals surface area contributed by atoms with Crippen LogP contribution in [0.1, 0.15) is 12.5 Å². The molecule has 0 atom stereocenters. The summed E-state index contributed by atoms with van der Waals surface area (Å²) < 4.78 is 10.6. The fourth-order valence-electron chi connectivity index (χ4n) is 1.32. The zero-order valence-corrected chi connectivity index (χ0v) is 11.3. The van der Waals surface area contributed by atoms with E-state index in [1.54, 1.807) is 19.1 Å². The van der Waals surface area contributed by atoms with Crippen LogP contribution in [0.5, 0.6) is 11.5 Å². The molecule has 0 saturated carbocycles. The van der Waals surface area contributed by atoms with Crippen molar-refractivity contribution in [1.29, 1.82) is 0 Å². The van der Waals surface area contributed by atoms with Crippen LogP contribution < -0.4 is 9.47 Å². The van der Waals surface area contributed by atoms with E-state index in [9.17, 15) is 4.79 Å². The van der Waals surface area contributed by atoms with Gasteiger partial charge in [-0.05, 0) is 30.7 Å². The van der Waals surface area contributed by atoms with Crippen molar-refractivity contribution < 1.29 is 19.4 Å². The first-order valence-electron chi connectivity index (χ1n) is 5.39. The molecule has 5 heteroatoms. The number of methoxy groups -OCH3 is 1. The maximum atomic E-state index is 10.5. The zero-order chi connectivity index (χ0) is 14.3. The van der Waals surface area contributed by atoms with Gasteiger partial charge in [0, 0.05) is 6.08 Å². The van der Waals surface area contributed by atoms with E-state index in [4.69, 9.17) is 26.2 Å². The van der Waals surface area contributed by atoms with Crippen molar-refractivity contribution in [2.75, 3.05) is 13.7 Å². The van der Waals surface area contributed by atoms with Crippen LogP contribution in [-0.4, -0.2) is 24.8 Å². The Bertz CT molecular complexity index is 553. The van der Waals surface area contributed by atoms with Gasteiger partial charge in [-0.25, -0.2) is 4.79 Å². The van der Waals surface area contributed by atoms with Crippen LogP contribution >= 0.6 is 11.6 Å². The summed E-state index contributed by atoms with van der Waals surface area (Å²) in [6.07, 6.45) is 2.44. The Kier molecular flexibility index (Phi) is 5.77. The zero-order valence-electron chi connectivity index (χ0n) is 10.6. The van der Waals surface area contributed by atoms with Crippen molar-refractivity contribution in [2.45, 2.75) is 6.92 Å². The van der Waals surface area contributed by atoms with E-state index in [1.807, 2.05) is 0 Å². The molecule has 0 radical (unpaired) electrons. The quantitative estimate of drug-likeness (QED) is 0.666. The molecule has 0 amide bonds. The number of carboxylic acids is 1. The molecule has 0 unspecified atom stereocenters. The van der Waals surface area contributed by atoms with Crippen molar-refractivity contribution >= 4 is 23.6 Å². The Morgan fingerprint density at radius 1 is 1.53 bits per heavy atom. The molecule has 0 aliphatic rings. The van der Waals surface area contributed by atoms with E-state index < -0.39 is 5.97 Å². The normalized spacial score (nSPS) is 9.84. The number of hydrogen-bond donors (Lipinski definition) is 1. The third-order valence-electron chi connectivity index (χ3n) is 2.14. The van der Waals surface area contributed by atoms with E-state index in [-0.39, 0.29) is 6.61 Å². The van der Waals surface area contributed by atoms with Gasteiger partial charge >= 0.3 is 5.97 Å². The second kappa shape index (κ2) is 7.34. The van der Waals surface area contributed by atoms with E-state index in [2.05, 4.69) is 11.8 Å². The molecular weight excluding hydrogens is 268 g/mol. The maximum Gasteiger partial charge on any atom is 0.328 e. The molecule has 0 fully saturated rings. The molecule has 1 aromatic rings. The van der Waals surface area contributed by atoms with Gasteiger partial charge in [0.15, 0.2) is 11.5 Å². The molecule has 0 bridgehead atoms. The average Bonchev–Trinajstić information content (AvgIpc) is 2.38. The first kappa shape index (κ1) is 14.9. The van der Waals surface area contributed by atoms with Gasteiger partial charge in [0.1, 0.15) is 6.61 Å². The molecule has 1 rings (SSSR count). The van der Waals surface area contributed by atoms with Gasteiger partial charge in [-0.2, -0.15) is 0 Å². The van der Waals surface area contributed by atoms with Crippen LogP contribution in [0.3, 0.4) is 0 Å². The highest BCUT2D eigenvalue weighted by atomic mass is 35.5. The molecule has 0 spiro atoms. The number of hydrogen-bond acceptors (Lipinski definition) is 3. The van der Waals surface area contributed by atoms with Crippen molar-refractivity contribution in [3.63, 3.8) is 0 Å². The summed E-state index contributed by atoms with van der Waals surface area (Å²) in [5.74, 6) is 5.24. The van der Waals surface area contributed by atoms with Crippen LogP contribution in [0.4, 0.5) is 0 Å². The molecule has 19 heavy (non-hydrogen) atoms. The molecule has 0 aromatic heterocycles. The molecule has 1 N–H and O–H groups in total. The van der Waals surface area contributed by atoms with Crippen LogP contribution in [0.25, 0.3) is 6.08 Å². The lowest BCUT2D eigenvalue weighted by Crippen LogP contribution is -1.98. The van der Waals surface area contributed by atoms with Gasteiger partial charge in [-0.15, -0.1) is 5.92 Å². The minimum atomic E-state index is -1.03. The molecular formula is C14H13ClO4. The fraction of sp³-hybridized carbons (Fsp3) is 0.214. The van der Waals surface area contributed by atoms with Gasteiger partial charge in [0.25, 0.3) is 0 Å². The molecule has 0 aliphatic carbocycles. The largest absolute Gasteiger partial charge is 0.493 e. The first-order chi connectivity index (χ1) is 9.08. The van der Waals surface area contributed by atoms with Crippen molar-refractivity contribution in [1.82, 2.24) is 0 Å². The smallest absolute Gasteiger partial charge is 0.328 e. The van der Waals surface area contributed by atoms with Crippen LogP contribution in [0.15, 0.2) is 18.2 Å². The Labute approximate surface area is 116 Å². The summed E-state index contributed by atoms with van der Waals surface area (Å²) in [6, 6.07) is 3.23. The third kappa shape index (κ3) is 4.57. The number of carboxylic acid groups (broad SMARTS) is 1. The fourth-order valence-corrected chi connectivity index (χ4v) is 1.60. The van der Waals surface area contributed by atoms with E-state index >= 15 is 0 Å². The van der Waals surface area contributed by atoms with Gasteiger partial charge in [-0.1, -0.05) is 17.5 Å². The number of rotatable bonds is 5. The third-order valence-corrected chi connectivity index (χ3v) is 2.42. The van der Waals surface area contributed by atoms with Crippen molar-refractivity contribution in [3.8, 4) is 23.3 Å². The Hall–Kier alpha value is -2.12. The summed E-state index contributed by atoms with van der Waals surface area (Å²) in [5, 5.41) is 8.91. The topological polar surface area (TPSA) is 55.8 Å². The van der Waals surface area contributed by atoms with E-state index in [0.29, 0.717) is 22.1 Å². The molecule has 100 valence electrons. The average molecular weight is 281 g/mol.